The van der Waals surface area contributed by atoms with Crippen LogP contribution in [0.1, 0.15) is 21.7 Å². The van der Waals surface area contributed by atoms with E-state index in [-0.39, 0.29) is 35.1 Å². The molecule has 6 heteroatoms. The van der Waals surface area contributed by atoms with Crippen LogP contribution in [0.2, 0.25) is 0 Å². The molecule has 0 bridgehead atoms. The number of carboxylic acids is 1. The molecule has 2 rings (SSSR count). The second-order valence-corrected chi connectivity index (χ2v) is 5.54. The van der Waals surface area contributed by atoms with Crippen molar-refractivity contribution in [2.24, 2.45) is 7.05 Å². The molecule has 0 fully saturated rings. The quantitative estimate of drug-likeness (QED) is 0.839. The molecule has 21 heavy (non-hydrogen) atoms. The van der Waals surface area contributed by atoms with Crippen LogP contribution in [-0.4, -0.2) is 45.2 Å². The molecule has 4 nitrogen and oxygen atoms in total. The first-order valence-electron chi connectivity index (χ1n) is 6.04. The van der Waals surface area contributed by atoms with Crippen molar-refractivity contribution in [3.05, 3.63) is 55.9 Å². The average molecular weight is 359 g/mol. The van der Waals surface area contributed by atoms with Gasteiger partial charge in [0.1, 0.15) is 5.56 Å². The van der Waals surface area contributed by atoms with Crippen LogP contribution in [-0.2, 0) is 7.05 Å². The van der Waals surface area contributed by atoms with Gasteiger partial charge in [0.25, 0.3) is 0 Å². The zero-order valence-corrected chi connectivity index (χ0v) is 16.0. The van der Waals surface area contributed by atoms with E-state index < -0.39 is 11.4 Å². The van der Waals surface area contributed by atoms with E-state index >= 15 is 0 Å². The van der Waals surface area contributed by atoms with Crippen molar-refractivity contribution >= 4 is 51.5 Å². The smallest absolute Gasteiger partial charge is 0.341 e. The Morgan fingerprint density at radius 3 is 2.14 bits per heavy atom. The van der Waals surface area contributed by atoms with Crippen LogP contribution in [0.3, 0.4) is 0 Å². The van der Waals surface area contributed by atoms with Gasteiger partial charge < -0.3 is 9.67 Å². The summed E-state index contributed by atoms with van der Waals surface area (Å²) in [5, 5.41) is 9.26. The predicted molar refractivity (Wildman–Crippen MR) is 87.0 cm³/mol. The van der Waals surface area contributed by atoms with Gasteiger partial charge in [-0.15, -0.1) is 0 Å². The zero-order chi connectivity index (χ0) is 15.0. The van der Waals surface area contributed by atoms with Gasteiger partial charge in [-0.1, -0.05) is 28.1 Å². The fraction of sp³-hybridized carbons (Fsp3) is 0.200. The van der Waals surface area contributed by atoms with E-state index in [2.05, 4.69) is 15.9 Å². The fourth-order valence-electron chi connectivity index (χ4n) is 2.25. The van der Waals surface area contributed by atoms with E-state index in [1.807, 2.05) is 19.1 Å². The molecule has 1 N–H and O–H groups in total. The first-order chi connectivity index (χ1) is 9.34. The Labute approximate surface area is 153 Å². The minimum absolute atomic E-state index is 0. The largest absolute Gasteiger partial charge is 0.477 e. The third kappa shape index (κ3) is 3.31. The molecule has 0 aliphatic rings. The predicted octanol–water partition coefficient (Wildman–Crippen LogP) is 2.75. The van der Waals surface area contributed by atoms with Gasteiger partial charge in [-0.3, -0.25) is 4.79 Å². The van der Waals surface area contributed by atoms with E-state index in [9.17, 15) is 14.7 Å². The summed E-state index contributed by atoms with van der Waals surface area (Å²) in [5.74, 6) is -1.19. The van der Waals surface area contributed by atoms with Gasteiger partial charge in [-0.25, -0.2) is 4.79 Å². The maximum absolute atomic E-state index is 12.5. The van der Waals surface area contributed by atoms with Crippen molar-refractivity contribution in [1.82, 2.24) is 4.57 Å². The van der Waals surface area contributed by atoms with Gasteiger partial charge in [0, 0.05) is 58.0 Å². The number of nitrogens with zero attached hydrogens (tertiary/aromatic N) is 1. The van der Waals surface area contributed by atoms with Gasteiger partial charge in [-0.05, 0) is 31.5 Å². The molecule has 0 aliphatic carbocycles. The molecule has 2 aromatic rings. The Morgan fingerprint density at radius 2 is 1.67 bits per heavy atom. The molecule has 0 saturated heterocycles. The summed E-state index contributed by atoms with van der Waals surface area (Å²) in [5.41, 5.74) is 1.75. The second-order valence-electron chi connectivity index (χ2n) is 4.62. The summed E-state index contributed by atoms with van der Waals surface area (Å²) in [6.45, 7) is 3.46. The van der Waals surface area contributed by atoms with Crippen molar-refractivity contribution in [3.63, 3.8) is 0 Å². The number of rotatable bonds is 2. The monoisotopic (exact) mass is 358 g/mol. The molecular weight excluding hydrogens is 345 g/mol. The van der Waals surface area contributed by atoms with Gasteiger partial charge in [-0.2, -0.15) is 0 Å². The van der Waals surface area contributed by atoms with E-state index in [0.29, 0.717) is 16.8 Å². The molecule has 0 aliphatic heterocycles. The van der Waals surface area contributed by atoms with E-state index in [1.165, 1.54) is 0 Å². The van der Waals surface area contributed by atoms with Crippen molar-refractivity contribution in [3.8, 4) is 11.1 Å². The van der Waals surface area contributed by atoms with Gasteiger partial charge in [0.2, 0.25) is 5.43 Å². The Balaban J connectivity index is 0.00000220. The Kier molecular flexibility index (Phi) is 5.99. The number of halogens is 1. The Hall–Kier alpha value is -0.880. The van der Waals surface area contributed by atoms with Gasteiger partial charge in [0.15, 0.2) is 0 Å². The third-order valence-corrected chi connectivity index (χ3v) is 4.06. The van der Waals surface area contributed by atoms with Crippen LogP contribution < -0.4 is 5.43 Å². The van der Waals surface area contributed by atoms with Crippen LogP contribution in [0.5, 0.6) is 0 Å². The number of benzene rings is 1. The summed E-state index contributed by atoms with van der Waals surface area (Å²) in [6, 6.07) is 7.26. The molecule has 1 aromatic heterocycles. The van der Waals surface area contributed by atoms with Crippen molar-refractivity contribution < 1.29 is 9.90 Å². The van der Waals surface area contributed by atoms with Gasteiger partial charge in [0.05, 0.1) is 0 Å². The van der Waals surface area contributed by atoms with E-state index in [1.54, 1.807) is 30.7 Å². The molecule has 1 heterocycles. The number of carboxylic acid groups (broad SMARTS) is 1. The maximum atomic E-state index is 12.5. The van der Waals surface area contributed by atoms with Crippen molar-refractivity contribution in [2.45, 2.75) is 13.8 Å². The van der Waals surface area contributed by atoms with Crippen LogP contribution in [0.25, 0.3) is 11.1 Å². The number of carbonyl (C=O) groups is 1. The molecular formula is C15H14BrNNaO3. The minimum Gasteiger partial charge on any atom is -0.477 e. The molecule has 105 valence electrons. The minimum atomic E-state index is -1.19. The number of hydrogen-bond donors (Lipinski definition) is 1. The Morgan fingerprint density at radius 1 is 1.14 bits per heavy atom. The van der Waals surface area contributed by atoms with Crippen LogP contribution in [0, 0.1) is 13.8 Å². The van der Waals surface area contributed by atoms with Crippen molar-refractivity contribution in [2.75, 3.05) is 0 Å². The molecule has 0 spiro atoms. The summed E-state index contributed by atoms with van der Waals surface area (Å²) in [4.78, 5) is 23.8. The standard InChI is InChI=1S/C15H14BrNO3.Na/c1-8-12(10-4-6-11(16)7-5-10)14(18)13(15(19)20)9(2)17(8)3;/h4-7H,1-3H3,(H,19,20);. The summed E-state index contributed by atoms with van der Waals surface area (Å²) in [6.07, 6.45) is 0. The first kappa shape index (κ1) is 18.2. The average Bonchev–Trinajstić information content (AvgIpc) is 2.38. The molecule has 0 unspecified atom stereocenters. The third-order valence-electron chi connectivity index (χ3n) is 3.53. The molecule has 0 saturated carbocycles. The summed E-state index contributed by atoms with van der Waals surface area (Å²) in [7, 11) is 1.76. The van der Waals surface area contributed by atoms with Crippen molar-refractivity contribution in [1.29, 1.82) is 0 Å². The number of pyridine rings is 1. The zero-order valence-electron chi connectivity index (χ0n) is 12.4. The normalized spacial score (nSPS) is 10.1. The number of hydrogen-bond acceptors (Lipinski definition) is 2. The molecule has 1 aromatic carbocycles. The van der Waals surface area contributed by atoms with Gasteiger partial charge >= 0.3 is 5.97 Å². The van der Waals surface area contributed by atoms with Crippen LogP contribution in [0.15, 0.2) is 33.5 Å². The molecule has 0 amide bonds. The topological polar surface area (TPSA) is 59.3 Å². The SMILES string of the molecule is Cc1c(C(=O)O)c(=O)c(-c2ccc(Br)cc2)c(C)n1C.[Na]. The summed E-state index contributed by atoms with van der Waals surface area (Å²) < 4.78 is 2.64. The second kappa shape index (κ2) is 6.92. The first-order valence-corrected chi connectivity index (χ1v) is 6.83. The fourth-order valence-corrected chi connectivity index (χ4v) is 2.51. The Bertz CT molecular complexity index is 751. The van der Waals surface area contributed by atoms with E-state index in [4.69, 9.17) is 0 Å². The molecule has 1 radical (unpaired) electrons. The number of aromatic carboxylic acids is 1. The maximum Gasteiger partial charge on any atom is 0.341 e. The summed E-state index contributed by atoms with van der Waals surface area (Å²) >= 11 is 3.34. The molecule has 0 atom stereocenters. The van der Waals surface area contributed by atoms with E-state index in [0.717, 1.165) is 10.2 Å². The van der Waals surface area contributed by atoms with Crippen LogP contribution >= 0.6 is 15.9 Å². The number of aromatic nitrogens is 1. The van der Waals surface area contributed by atoms with Crippen LogP contribution in [0.4, 0.5) is 0 Å².